The van der Waals surface area contributed by atoms with Crippen LogP contribution in [-0.2, 0) is 6.54 Å². The van der Waals surface area contributed by atoms with Crippen LogP contribution in [0.5, 0.6) is 0 Å². The van der Waals surface area contributed by atoms with Crippen LogP contribution in [0.2, 0.25) is 5.02 Å². The quantitative estimate of drug-likeness (QED) is 0.925. The van der Waals surface area contributed by atoms with Crippen molar-refractivity contribution >= 4 is 22.5 Å². The average Bonchev–Trinajstić information content (AvgIpc) is 2.40. The first-order valence-electron chi connectivity index (χ1n) is 7.02. The van der Waals surface area contributed by atoms with Crippen molar-refractivity contribution in [1.29, 1.82) is 0 Å². The molecule has 0 bridgehead atoms. The Morgan fingerprint density at radius 1 is 1.50 bits per heavy atom. The molecule has 0 amide bonds. The zero-order valence-electron chi connectivity index (χ0n) is 11.5. The molecule has 0 radical (unpaired) electrons. The maximum Gasteiger partial charge on any atom is 0.258 e. The lowest BCUT2D eigenvalue weighted by Crippen LogP contribution is -2.34. The fourth-order valence-electron chi connectivity index (χ4n) is 2.88. The van der Waals surface area contributed by atoms with E-state index >= 15 is 0 Å². The first kappa shape index (κ1) is 13.6. The van der Waals surface area contributed by atoms with Crippen LogP contribution in [0, 0.1) is 5.92 Å². The predicted octanol–water partition coefficient (Wildman–Crippen LogP) is 2.81. The summed E-state index contributed by atoms with van der Waals surface area (Å²) < 4.78 is 0. The Hall–Kier alpha value is -1.39. The van der Waals surface area contributed by atoms with Gasteiger partial charge >= 0.3 is 0 Å². The van der Waals surface area contributed by atoms with Gasteiger partial charge in [-0.25, -0.2) is 4.98 Å². The van der Waals surface area contributed by atoms with E-state index in [-0.39, 0.29) is 5.56 Å². The molecule has 3 rings (SSSR count). The van der Waals surface area contributed by atoms with E-state index in [1.165, 1.54) is 12.8 Å². The molecule has 2 heterocycles. The van der Waals surface area contributed by atoms with Crippen LogP contribution in [0.25, 0.3) is 10.9 Å². The summed E-state index contributed by atoms with van der Waals surface area (Å²) in [5.41, 5.74) is 0.593. The van der Waals surface area contributed by atoms with E-state index in [0.717, 1.165) is 24.8 Å². The molecule has 0 saturated carbocycles. The molecule has 1 aliphatic heterocycles. The molecular formula is C15H18ClN3O. The number of aromatic amines is 1. The second kappa shape index (κ2) is 5.54. The van der Waals surface area contributed by atoms with Crippen LogP contribution in [0.1, 0.15) is 25.6 Å². The number of likely N-dealkylation sites (tertiary alicyclic amines) is 1. The number of halogens is 1. The summed E-state index contributed by atoms with van der Waals surface area (Å²) >= 11 is 5.91. The molecule has 1 atom stereocenters. The van der Waals surface area contributed by atoms with E-state index in [4.69, 9.17) is 11.6 Å². The minimum absolute atomic E-state index is 0.113. The van der Waals surface area contributed by atoms with Crippen molar-refractivity contribution in [2.75, 3.05) is 13.1 Å². The van der Waals surface area contributed by atoms with Gasteiger partial charge in [0.2, 0.25) is 0 Å². The minimum Gasteiger partial charge on any atom is -0.309 e. The summed E-state index contributed by atoms with van der Waals surface area (Å²) in [7, 11) is 0. The molecule has 1 fully saturated rings. The second-order valence-corrected chi connectivity index (χ2v) is 6.09. The highest BCUT2D eigenvalue weighted by Crippen LogP contribution is 2.18. The van der Waals surface area contributed by atoms with Crippen molar-refractivity contribution in [2.45, 2.75) is 26.3 Å². The van der Waals surface area contributed by atoms with Gasteiger partial charge in [0.1, 0.15) is 5.82 Å². The zero-order valence-corrected chi connectivity index (χ0v) is 12.3. The summed E-state index contributed by atoms with van der Waals surface area (Å²) in [5, 5.41) is 1.11. The molecule has 0 spiro atoms. The van der Waals surface area contributed by atoms with Gasteiger partial charge in [-0.1, -0.05) is 18.5 Å². The SMILES string of the molecule is C[C@@H]1CCCN(Cc2nc3ccc(Cl)cc3c(=O)[nH]2)C1. The van der Waals surface area contributed by atoms with E-state index in [9.17, 15) is 4.79 Å². The highest BCUT2D eigenvalue weighted by molar-refractivity contribution is 6.31. The number of hydrogen-bond donors (Lipinski definition) is 1. The van der Waals surface area contributed by atoms with Crippen molar-refractivity contribution in [3.05, 3.63) is 39.4 Å². The topological polar surface area (TPSA) is 49.0 Å². The fourth-order valence-corrected chi connectivity index (χ4v) is 3.05. The molecule has 1 saturated heterocycles. The second-order valence-electron chi connectivity index (χ2n) is 5.66. The number of hydrogen-bond acceptors (Lipinski definition) is 3. The molecular weight excluding hydrogens is 274 g/mol. The third kappa shape index (κ3) is 2.86. The first-order valence-corrected chi connectivity index (χ1v) is 7.40. The van der Waals surface area contributed by atoms with Crippen molar-refractivity contribution in [3.63, 3.8) is 0 Å². The lowest BCUT2D eigenvalue weighted by molar-refractivity contribution is 0.173. The van der Waals surface area contributed by atoms with Crippen LogP contribution in [-0.4, -0.2) is 28.0 Å². The predicted molar refractivity (Wildman–Crippen MR) is 81.0 cm³/mol. The Bertz CT molecular complexity index is 682. The average molecular weight is 292 g/mol. The van der Waals surface area contributed by atoms with Crippen LogP contribution < -0.4 is 5.56 Å². The maximum absolute atomic E-state index is 12.1. The van der Waals surface area contributed by atoms with E-state index in [1.54, 1.807) is 18.2 Å². The van der Waals surface area contributed by atoms with Crippen LogP contribution in [0.15, 0.2) is 23.0 Å². The number of nitrogens with zero attached hydrogens (tertiary/aromatic N) is 2. The normalized spacial score (nSPS) is 20.4. The number of rotatable bonds is 2. The van der Waals surface area contributed by atoms with E-state index in [1.807, 2.05) is 0 Å². The number of benzene rings is 1. The Kier molecular flexibility index (Phi) is 3.76. The maximum atomic E-state index is 12.1. The van der Waals surface area contributed by atoms with Gasteiger partial charge in [0.15, 0.2) is 0 Å². The molecule has 1 aromatic heterocycles. The van der Waals surface area contributed by atoms with Gasteiger partial charge in [-0.3, -0.25) is 9.69 Å². The molecule has 1 aromatic carbocycles. The smallest absolute Gasteiger partial charge is 0.258 e. The molecule has 5 heteroatoms. The Balaban J connectivity index is 1.89. The lowest BCUT2D eigenvalue weighted by Gasteiger charge is -2.30. The lowest BCUT2D eigenvalue weighted by atomic mass is 10.0. The standard InChI is InChI=1S/C15H18ClN3O/c1-10-3-2-6-19(8-10)9-14-17-13-5-4-11(16)7-12(13)15(20)18-14/h4-5,7,10H,2-3,6,8-9H2,1H3,(H,17,18,20)/t10-/m1/s1. The van der Waals surface area contributed by atoms with Gasteiger partial charge in [0, 0.05) is 11.6 Å². The summed E-state index contributed by atoms with van der Waals surface area (Å²) in [4.78, 5) is 21.9. The van der Waals surface area contributed by atoms with Gasteiger partial charge in [0.25, 0.3) is 5.56 Å². The van der Waals surface area contributed by atoms with Gasteiger partial charge in [-0.05, 0) is 43.5 Å². The number of nitrogens with one attached hydrogen (secondary N) is 1. The van der Waals surface area contributed by atoms with Crippen molar-refractivity contribution in [1.82, 2.24) is 14.9 Å². The number of H-pyrrole nitrogens is 1. The fraction of sp³-hybridized carbons (Fsp3) is 0.467. The van der Waals surface area contributed by atoms with Gasteiger partial charge < -0.3 is 4.98 Å². The van der Waals surface area contributed by atoms with Crippen LogP contribution in [0.4, 0.5) is 0 Å². The summed E-state index contributed by atoms with van der Waals surface area (Å²) in [6.07, 6.45) is 2.51. The van der Waals surface area contributed by atoms with E-state index < -0.39 is 0 Å². The summed E-state index contributed by atoms with van der Waals surface area (Å²) in [5.74, 6) is 1.45. The Morgan fingerprint density at radius 3 is 3.15 bits per heavy atom. The molecule has 0 unspecified atom stereocenters. The van der Waals surface area contributed by atoms with Gasteiger partial charge in [0.05, 0.1) is 17.4 Å². The molecule has 20 heavy (non-hydrogen) atoms. The number of piperidine rings is 1. The molecule has 4 nitrogen and oxygen atoms in total. The number of fused-ring (bicyclic) bond motifs is 1. The Morgan fingerprint density at radius 2 is 2.35 bits per heavy atom. The van der Waals surface area contributed by atoms with Crippen LogP contribution >= 0.6 is 11.6 Å². The van der Waals surface area contributed by atoms with Crippen molar-refractivity contribution < 1.29 is 0 Å². The molecule has 2 aromatic rings. The minimum atomic E-state index is -0.113. The largest absolute Gasteiger partial charge is 0.309 e. The molecule has 1 aliphatic rings. The van der Waals surface area contributed by atoms with E-state index in [0.29, 0.717) is 22.5 Å². The monoisotopic (exact) mass is 291 g/mol. The molecule has 106 valence electrons. The third-order valence-electron chi connectivity index (χ3n) is 3.83. The summed E-state index contributed by atoms with van der Waals surface area (Å²) in [6.45, 7) is 5.12. The molecule has 1 N–H and O–H groups in total. The third-order valence-corrected chi connectivity index (χ3v) is 4.07. The van der Waals surface area contributed by atoms with Gasteiger partial charge in [-0.2, -0.15) is 0 Å². The Labute approximate surface area is 122 Å². The van der Waals surface area contributed by atoms with Gasteiger partial charge in [-0.15, -0.1) is 0 Å². The molecule has 0 aliphatic carbocycles. The zero-order chi connectivity index (χ0) is 14.1. The number of aromatic nitrogens is 2. The van der Waals surface area contributed by atoms with Crippen molar-refractivity contribution in [2.24, 2.45) is 5.92 Å². The first-order chi connectivity index (χ1) is 9.61. The highest BCUT2D eigenvalue weighted by atomic mass is 35.5. The highest BCUT2D eigenvalue weighted by Gasteiger charge is 2.17. The summed E-state index contributed by atoms with van der Waals surface area (Å²) in [6, 6.07) is 5.23. The van der Waals surface area contributed by atoms with Crippen molar-refractivity contribution in [3.8, 4) is 0 Å². The van der Waals surface area contributed by atoms with E-state index in [2.05, 4.69) is 21.8 Å². The van der Waals surface area contributed by atoms with Crippen LogP contribution in [0.3, 0.4) is 0 Å².